The third-order valence-corrected chi connectivity index (χ3v) is 2.37. The van der Waals surface area contributed by atoms with Crippen molar-refractivity contribution in [1.82, 2.24) is 5.32 Å². The average molecular weight is 205 g/mol. The Kier molecular flexibility index (Phi) is 2.29. The molecule has 2 rings (SSSR count). The van der Waals surface area contributed by atoms with E-state index >= 15 is 0 Å². The number of amides is 1. The van der Waals surface area contributed by atoms with Crippen LogP contribution < -0.4 is 11.1 Å². The molecule has 15 heavy (non-hydrogen) atoms. The summed E-state index contributed by atoms with van der Waals surface area (Å²) < 4.78 is 0. The summed E-state index contributed by atoms with van der Waals surface area (Å²) in [6.45, 7) is 0.581. The molecule has 0 unspecified atom stereocenters. The number of hydrogen-bond donors (Lipinski definition) is 3. The molecule has 78 valence electrons. The first-order valence-corrected chi connectivity index (χ1v) is 4.57. The van der Waals surface area contributed by atoms with Crippen molar-refractivity contribution in [3.05, 3.63) is 34.9 Å². The maximum Gasteiger partial charge on any atom is 0.251 e. The first kappa shape index (κ1) is 9.51. The predicted octanol–water partition coefficient (Wildman–Crippen LogP) is 0.219. The highest BCUT2D eigenvalue weighted by Gasteiger charge is 2.18. The van der Waals surface area contributed by atoms with E-state index in [-0.39, 0.29) is 11.7 Å². The van der Waals surface area contributed by atoms with Gasteiger partial charge < -0.3 is 16.3 Å². The van der Waals surface area contributed by atoms with Gasteiger partial charge in [0, 0.05) is 18.5 Å². The second-order valence-electron chi connectivity index (χ2n) is 3.44. The third-order valence-electron chi connectivity index (χ3n) is 2.37. The normalized spacial score (nSPS) is 14.9. The van der Waals surface area contributed by atoms with Gasteiger partial charge >= 0.3 is 0 Å². The van der Waals surface area contributed by atoms with Gasteiger partial charge in [-0.2, -0.15) is 0 Å². The monoisotopic (exact) mass is 205 g/mol. The Morgan fingerprint density at radius 1 is 1.60 bits per heavy atom. The minimum atomic E-state index is -0.0636. The van der Waals surface area contributed by atoms with Gasteiger partial charge in [-0.15, -0.1) is 0 Å². The van der Waals surface area contributed by atoms with E-state index in [4.69, 9.17) is 10.9 Å². The number of hydrogen-bond acceptors (Lipinski definition) is 3. The fourth-order valence-corrected chi connectivity index (χ4v) is 1.61. The zero-order valence-corrected chi connectivity index (χ0v) is 8.03. The molecule has 5 heteroatoms. The molecule has 0 fully saturated rings. The minimum Gasteiger partial charge on any atom is -0.409 e. The van der Waals surface area contributed by atoms with Gasteiger partial charge in [0.2, 0.25) is 0 Å². The van der Waals surface area contributed by atoms with Crippen molar-refractivity contribution < 1.29 is 10.0 Å². The molecule has 0 saturated heterocycles. The van der Waals surface area contributed by atoms with Crippen molar-refractivity contribution in [2.75, 3.05) is 0 Å². The molecule has 1 aliphatic rings. The Morgan fingerprint density at radius 2 is 2.40 bits per heavy atom. The number of carbonyl (C=O) groups excluding carboxylic acids is 1. The van der Waals surface area contributed by atoms with Crippen LogP contribution in [0.15, 0.2) is 23.4 Å². The average Bonchev–Trinajstić information content (AvgIpc) is 2.60. The number of nitrogens with zero attached hydrogens (tertiary/aromatic N) is 1. The smallest absolute Gasteiger partial charge is 0.251 e. The van der Waals surface area contributed by atoms with Crippen LogP contribution in [0.2, 0.25) is 0 Å². The molecule has 0 atom stereocenters. The van der Waals surface area contributed by atoms with Crippen molar-refractivity contribution in [3.8, 4) is 0 Å². The van der Waals surface area contributed by atoms with Crippen LogP contribution in [-0.4, -0.2) is 17.0 Å². The quantitative estimate of drug-likeness (QED) is 0.279. The van der Waals surface area contributed by atoms with E-state index < -0.39 is 0 Å². The molecular weight excluding hydrogens is 194 g/mol. The lowest BCUT2D eigenvalue weighted by molar-refractivity contribution is 0.0965. The molecule has 0 bridgehead atoms. The van der Waals surface area contributed by atoms with Crippen molar-refractivity contribution in [2.24, 2.45) is 10.9 Å². The summed E-state index contributed by atoms with van der Waals surface area (Å²) in [4.78, 5) is 11.4. The lowest BCUT2D eigenvalue weighted by Crippen LogP contribution is -2.15. The van der Waals surface area contributed by atoms with Crippen LogP contribution in [0.3, 0.4) is 0 Å². The standard InChI is InChI=1S/C10H11N3O2/c11-9(13-15)4-6-1-2-7-5-12-10(14)8(7)3-6/h1-3,15H,4-5H2,(H2,11,13)(H,12,14). The van der Waals surface area contributed by atoms with Crippen molar-refractivity contribution in [2.45, 2.75) is 13.0 Å². The summed E-state index contributed by atoms with van der Waals surface area (Å²) in [5.41, 5.74) is 7.91. The summed E-state index contributed by atoms with van der Waals surface area (Å²) >= 11 is 0. The van der Waals surface area contributed by atoms with Gasteiger partial charge in [0.15, 0.2) is 0 Å². The molecule has 0 aliphatic carbocycles. The first-order chi connectivity index (χ1) is 7.20. The number of oxime groups is 1. The van der Waals surface area contributed by atoms with E-state index in [1.54, 1.807) is 6.07 Å². The van der Waals surface area contributed by atoms with Crippen molar-refractivity contribution in [3.63, 3.8) is 0 Å². The fraction of sp³-hybridized carbons (Fsp3) is 0.200. The van der Waals surface area contributed by atoms with E-state index in [1.807, 2.05) is 12.1 Å². The fourth-order valence-electron chi connectivity index (χ4n) is 1.61. The molecule has 1 amide bonds. The van der Waals surface area contributed by atoms with Crippen LogP contribution in [0.5, 0.6) is 0 Å². The second kappa shape index (κ2) is 3.61. The van der Waals surface area contributed by atoms with E-state index in [2.05, 4.69) is 10.5 Å². The van der Waals surface area contributed by atoms with Crippen molar-refractivity contribution in [1.29, 1.82) is 0 Å². The van der Waals surface area contributed by atoms with Crippen molar-refractivity contribution >= 4 is 11.7 Å². The molecule has 1 aromatic carbocycles. The highest BCUT2D eigenvalue weighted by molar-refractivity contribution is 5.98. The predicted molar refractivity (Wildman–Crippen MR) is 54.7 cm³/mol. The van der Waals surface area contributed by atoms with Crippen LogP contribution >= 0.6 is 0 Å². The van der Waals surface area contributed by atoms with Gasteiger partial charge in [-0.1, -0.05) is 17.3 Å². The number of carbonyl (C=O) groups is 1. The van der Waals surface area contributed by atoms with E-state index in [1.165, 1.54) is 0 Å². The molecule has 1 aromatic rings. The van der Waals surface area contributed by atoms with Gasteiger partial charge in [-0.05, 0) is 17.2 Å². The number of fused-ring (bicyclic) bond motifs is 1. The topological polar surface area (TPSA) is 87.7 Å². The molecule has 1 aliphatic heterocycles. The van der Waals surface area contributed by atoms with Gasteiger partial charge in [0.25, 0.3) is 5.91 Å². The maximum absolute atomic E-state index is 11.4. The van der Waals surface area contributed by atoms with Gasteiger partial charge in [-0.25, -0.2) is 0 Å². The number of amidine groups is 1. The summed E-state index contributed by atoms with van der Waals surface area (Å²) in [5.74, 6) is 0.0692. The molecule has 0 spiro atoms. The molecule has 1 heterocycles. The summed E-state index contributed by atoms with van der Waals surface area (Å²) in [6, 6.07) is 5.53. The lowest BCUT2D eigenvalue weighted by Gasteiger charge is -2.01. The van der Waals surface area contributed by atoms with Crippen LogP contribution in [0, 0.1) is 0 Å². The highest BCUT2D eigenvalue weighted by Crippen LogP contribution is 2.17. The van der Waals surface area contributed by atoms with Crippen LogP contribution in [0.1, 0.15) is 21.5 Å². The molecule has 0 radical (unpaired) electrons. The lowest BCUT2D eigenvalue weighted by atomic mass is 10.0. The Balaban J connectivity index is 2.29. The zero-order valence-electron chi connectivity index (χ0n) is 8.03. The van der Waals surface area contributed by atoms with Gasteiger partial charge in [0.1, 0.15) is 5.84 Å². The van der Waals surface area contributed by atoms with E-state index in [0.29, 0.717) is 18.5 Å². The van der Waals surface area contributed by atoms with Gasteiger partial charge in [0.05, 0.1) is 0 Å². The van der Waals surface area contributed by atoms with Crippen LogP contribution in [0.4, 0.5) is 0 Å². The molecule has 0 saturated carbocycles. The number of benzene rings is 1. The van der Waals surface area contributed by atoms with Crippen LogP contribution in [-0.2, 0) is 13.0 Å². The Labute approximate surface area is 86.6 Å². The third kappa shape index (κ3) is 1.76. The highest BCUT2D eigenvalue weighted by atomic mass is 16.4. The SMILES string of the molecule is N/C(Cc1ccc2c(c1)C(=O)NC2)=N\O. The summed E-state index contributed by atoms with van der Waals surface area (Å²) in [7, 11) is 0. The molecule has 4 N–H and O–H groups in total. The van der Waals surface area contributed by atoms with E-state index in [0.717, 1.165) is 11.1 Å². The largest absolute Gasteiger partial charge is 0.409 e. The molecule has 0 aromatic heterocycles. The second-order valence-corrected chi connectivity index (χ2v) is 3.44. The Hall–Kier alpha value is -2.04. The summed E-state index contributed by atoms with van der Waals surface area (Å²) in [6.07, 6.45) is 0.344. The number of rotatable bonds is 2. The number of nitrogens with two attached hydrogens (primary N) is 1. The molecular formula is C10H11N3O2. The zero-order chi connectivity index (χ0) is 10.8. The number of nitrogens with one attached hydrogen (secondary N) is 1. The van der Waals surface area contributed by atoms with Gasteiger partial charge in [-0.3, -0.25) is 4.79 Å². The maximum atomic E-state index is 11.4. The Morgan fingerprint density at radius 3 is 3.13 bits per heavy atom. The Bertz CT molecular complexity index is 440. The summed E-state index contributed by atoms with van der Waals surface area (Å²) in [5, 5.41) is 14.0. The van der Waals surface area contributed by atoms with E-state index in [9.17, 15) is 4.79 Å². The minimum absolute atomic E-state index is 0.0636. The van der Waals surface area contributed by atoms with Crippen LogP contribution in [0.25, 0.3) is 0 Å². The first-order valence-electron chi connectivity index (χ1n) is 4.57. The molecule has 5 nitrogen and oxygen atoms in total.